The highest BCUT2D eigenvalue weighted by Gasteiger charge is 2.35. The van der Waals surface area contributed by atoms with Crippen LogP contribution >= 0.6 is 0 Å². The van der Waals surface area contributed by atoms with Gasteiger partial charge in [-0.1, -0.05) is 0 Å². The van der Waals surface area contributed by atoms with E-state index in [1.165, 1.54) is 24.8 Å². The van der Waals surface area contributed by atoms with Crippen LogP contribution in [-0.4, -0.2) is 46.1 Å². The van der Waals surface area contributed by atoms with E-state index in [-0.39, 0.29) is 11.3 Å². The first-order chi connectivity index (χ1) is 13.2. The number of halogens is 3. The van der Waals surface area contributed by atoms with Gasteiger partial charge >= 0.3 is 12.1 Å². The van der Waals surface area contributed by atoms with E-state index in [4.69, 9.17) is 9.52 Å². The van der Waals surface area contributed by atoms with Crippen molar-refractivity contribution in [2.45, 2.75) is 12.2 Å². The van der Waals surface area contributed by atoms with Crippen LogP contribution < -0.4 is 5.32 Å². The van der Waals surface area contributed by atoms with Crippen molar-refractivity contribution in [3.63, 3.8) is 0 Å². The molecule has 11 heteroatoms. The molecule has 0 saturated heterocycles. The van der Waals surface area contributed by atoms with Crippen molar-refractivity contribution >= 4 is 17.5 Å². The number of aliphatic hydroxyl groups is 1. The maximum atomic E-state index is 13.5. The number of ether oxygens (including phenoxy) is 1. The molecule has 0 radical (unpaired) electrons. The van der Waals surface area contributed by atoms with Crippen LogP contribution in [-0.2, 0) is 15.7 Å². The van der Waals surface area contributed by atoms with Crippen LogP contribution in [0.5, 0.6) is 0 Å². The molecule has 0 aliphatic rings. The van der Waals surface area contributed by atoms with Gasteiger partial charge in [-0.25, -0.2) is 9.78 Å². The Labute approximate surface area is 155 Å². The van der Waals surface area contributed by atoms with Crippen LogP contribution in [0.4, 0.5) is 13.2 Å². The van der Waals surface area contributed by atoms with Gasteiger partial charge in [-0.05, 0) is 12.1 Å². The zero-order chi connectivity index (χ0) is 20.5. The monoisotopic (exact) mass is 397 g/mol. The van der Waals surface area contributed by atoms with Crippen LogP contribution in [0.2, 0.25) is 0 Å². The molecule has 0 fully saturated rings. The first kappa shape index (κ1) is 19.4. The molecule has 0 aliphatic heterocycles. The molecule has 1 unspecified atom stereocenters. The van der Waals surface area contributed by atoms with Gasteiger partial charge in [0.1, 0.15) is 11.3 Å². The number of nitrogens with one attached hydrogen (secondary N) is 1. The Morgan fingerprint density at radius 3 is 2.68 bits per heavy atom. The summed E-state index contributed by atoms with van der Waals surface area (Å²) in [6.07, 6.45) is 0.341. The van der Waals surface area contributed by atoms with Gasteiger partial charge in [0.05, 0.1) is 31.8 Å². The first-order valence-electron chi connectivity index (χ1n) is 7.86. The Morgan fingerprint density at radius 1 is 1.36 bits per heavy atom. The SMILES string of the molecule is COC(=O)C(CO)NC(=O)c1cn2cc(-c3ccoc3)cc(C(F)(F)F)c2n1. The number of pyridine rings is 1. The number of furan rings is 1. The largest absolute Gasteiger partial charge is 0.472 e. The molecule has 1 amide bonds. The predicted octanol–water partition coefficient (Wildman–Crippen LogP) is 1.88. The quantitative estimate of drug-likeness (QED) is 0.637. The summed E-state index contributed by atoms with van der Waals surface area (Å²) < 4.78 is 50.9. The summed E-state index contributed by atoms with van der Waals surface area (Å²) in [5.41, 5.74) is -1.27. The first-order valence-corrected chi connectivity index (χ1v) is 7.86. The minimum Gasteiger partial charge on any atom is -0.472 e. The molecule has 0 saturated carbocycles. The highest BCUT2D eigenvalue weighted by atomic mass is 19.4. The summed E-state index contributed by atoms with van der Waals surface area (Å²) >= 11 is 0. The van der Waals surface area contributed by atoms with Gasteiger partial charge in [0, 0.05) is 23.5 Å². The third-order valence-corrected chi connectivity index (χ3v) is 3.92. The van der Waals surface area contributed by atoms with Gasteiger partial charge < -0.3 is 24.0 Å². The van der Waals surface area contributed by atoms with Crippen LogP contribution in [0.1, 0.15) is 16.1 Å². The van der Waals surface area contributed by atoms with E-state index >= 15 is 0 Å². The number of esters is 1. The molecule has 0 bridgehead atoms. The second-order valence-corrected chi connectivity index (χ2v) is 5.74. The van der Waals surface area contributed by atoms with Crippen LogP contribution in [0.25, 0.3) is 16.8 Å². The molecule has 3 aromatic heterocycles. The molecule has 3 heterocycles. The van der Waals surface area contributed by atoms with E-state index in [0.717, 1.165) is 23.8 Å². The summed E-state index contributed by atoms with van der Waals surface area (Å²) in [5.74, 6) is -1.84. The van der Waals surface area contributed by atoms with Crippen molar-refractivity contribution in [1.29, 1.82) is 0 Å². The minimum atomic E-state index is -4.72. The number of methoxy groups -OCH3 is 1. The summed E-state index contributed by atoms with van der Waals surface area (Å²) in [6.45, 7) is -0.746. The Morgan fingerprint density at radius 2 is 2.11 bits per heavy atom. The van der Waals surface area contributed by atoms with Crippen molar-refractivity contribution in [3.05, 3.63) is 48.3 Å². The molecule has 2 N–H and O–H groups in total. The highest BCUT2D eigenvalue weighted by molar-refractivity contribution is 5.96. The lowest BCUT2D eigenvalue weighted by molar-refractivity contribution is -0.143. The van der Waals surface area contributed by atoms with Crippen molar-refractivity contribution in [2.75, 3.05) is 13.7 Å². The van der Waals surface area contributed by atoms with Crippen LogP contribution in [0.15, 0.2) is 41.5 Å². The predicted molar refractivity (Wildman–Crippen MR) is 88.3 cm³/mol. The van der Waals surface area contributed by atoms with Gasteiger partial charge in [0.25, 0.3) is 5.91 Å². The fourth-order valence-electron chi connectivity index (χ4n) is 2.56. The second kappa shape index (κ2) is 7.35. The molecule has 0 spiro atoms. The Bertz CT molecular complexity index is 1010. The minimum absolute atomic E-state index is 0.209. The number of hydrogen-bond acceptors (Lipinski definition) is 6. The fourth-order valence-corrected chi connectivity index (χ4v) is 2.56. The van der Waals surface area contributed by atoms with E-state index in [2.05, 4.69) is 15.0 Å². The smallest absolute Gasteiger partial charge is 0.420 e. The number of alkyl halides is 3. The van der Waals surface area contributed by atoms with Gasteiger partial charge in [-0.2, -0.15) is 13.2 Å². The number of fused-ring (bicyclic) bond motifs is 1. The standard InChI is InChI=1S/C17H14F3N3O5/c1-27-16(26)13(7-24)22-15(25)12-6-23-5-10(9-2-3-28-8-9)4-11(14(23)21-12)17(18,19)20/h2-6,8,13,24H,7H2,1H3,(H,22,25). The summed E-state index contributed by atoms with van der Waals surface area (Å²) in [6, 6.07) is 1.03. The molecule has 1 atom stereocenters. The lowest BCUT2D eigenvalue weighted by Crippen LogP contribution is -2.44. The van der Waals surface area contributed by atoms with Gasteiger partial charge in [0.15, 0.2) is 6.04 Å². The summed E-state index contributed by atoms with van der Waals surface area (Å²) in [5, 5.41) is 11.3. The maximum Gasteiger partial charge on any atom is 0.420 e. The molecular weight excluding hydrogens is 383 g/mol. The molecule has 148 valence electrons. The molecular formula is C17H14F3N3O5. The molecule has 0 aliphatic carbocycles. The molecule has 3 aromatic rings. The van der Waals surface area contributed by atoms with E-state index in [9.17, 15) is 22.8 Å². The molecule has 28 heavy (non-hydrogen) atoms. The third kappa shape index (κ3) is 3.69. The number of nitrogens with zero attached hydrogens (tertiary/aromatic N) is 2. The van der Waals surface area contributed by atoms with Crippen LogP contribution in [0, 0.1) is 0 Å². The molecule has 0 aromatic carbocycles. The Balaban J connectivity index is 2.04. The average Bonchev–Trinajstić information content (AvgIpc) is 3.32. The number of aromatic nitrogens is 2. The van der Waals surface area contributed by atoms with Crippen molar-refractivity contribution in [1.82, 2.24) is 14.7 Å². The third-order valence-electron chi connectivity index (χ3n) is 3.92. The topological polar surface area (TPSA) is 106 Å². The number of imidazole rings is 1. The normalized spacial score (nSPS) is 12.8. The maximum absolute atomic E-state index is 13.5. The molecule has 8 nitrogen and oxygen atoms in total. The Hall–Kier alpha value is -3.34. The van der Waals surface area contributed by atoms with E-state index in [0.29, 0.717) is 5.56 Å². The number of carbonyl (C=O) groups excluding carboxylic acids is 2. The van der Waals surface area contributed by atoms with Crippen molar-refractivity contribution in [2.24, 2.45) is 0 Å². The fraction of sp³-hybridized carbons (Fsp3) is 0.235. The van der Waals surface area contributed by atoms with E-state index in [1.807, 2.05) is 0 Å². The lowest BCUT2D eigenvalue weighted by Gasteiger charge is -2.12. The highest BCUT2D eigenvalue weighted by Crippen LogP contribution is 2.35. The van der Waals surface area contributed by atoms with E-state index in [1.54, 1.807) is 0 Å². The Kier molecular flexibility index (Phi) is 5.10. The number of aliphatic hydroxyl groups excluding tert-OH is 1. The van der Waals surface area contributed by atoms with E-state index < -0.39 is 41.9 Å². The zero-order valence-corrected chi connectivity index (χ0v) is 14.4. The number of amides is 1. The van der Waals surface area contributed by atoms with Crippen LogP contribution in [0.3, 0.4) is 0 Å². The number of carbonyl (C=O) groups is 2. The second-order valence-electron chi connectivity index (χ2n) is 5.74. The number of hydrogen-bond donors (Lipinski definition) is 2. The zero-order valence-electron chi connectivity index (χ0n) is 14.4. The lowest BCUT2D eigenvalue weighted by atomic mass is 10.1. The van der Waals surface area contributed by atoms with Crippen molar-refractivity contribution in [3.8, 4) is 11.1 Å². The van der Waals surface area contributed by atoms with Gasteiger partial charge in [0.2, 0.25) is 0 Å². The average molecular weight is 397 g/mol. The molecule has 3 rings (SSSR count). The van der Waals surface area contributed by atoms with Crippen molar-refractivity contribution < 1.29 is 37.0 Å². The van der Waals surface area contributed by atoms with Gasteiger partial charge in [-0.15, -0.1) is 0 Å². The van der Waals surface area contributed by atoms with Gasteiger partial charge in [-0.3, -0.25) is 4.79 Å². The number of rotatable bonds is 5. The summed E-state index contributed by atoms with van der Waals surface area (Å²) in [4.78, 5) is 27.5. The summed E-state index contributed by atoms with van der Waals surface area (Å²) in [7, 11) is 1.06.